The van der Waals surface area contributed by atoms with Gasteiger partial charge in [0.2, 0.25) is 0 Å². The predicted octanol–water partition coefficient (Wildman–Crippen LogP) is 0.815. The third-order valence-corrected chi connectivity index (χ3v) is 4.13. The fourth-order valence-electron chi connectivity index (χ4n) is 1.75. The third kappa shape index (κ3) is 2.53. The van der Waals surface area contributed by atoms with Crippen LogP contribution in [0.15, 0.2) is 23.5 Å². The number of aromatic nitrogens is 3. The molecule has 2 aromatic heterocycles. The topological polar surface area (TPSA) is 103 Å². The van der Waals surface area contributed by atoms with E-state index in [9.17, 15) is 8.42 Å². The highest BCUT2D eigenvalue weighted by atomic mass is 32.2. The molecule has 0 aliphatic heterocycles. The van der Waals surface area contributed by atoms with Gasteiger partial charge in [-0.15, -0.1) is 0 Å². The van der Waals surface area contributed by atoms with Crippen LogP contribution in [0.1, 0.15) is 11.4 Å². The number of nitrogens with one attached hydrogen (secondary N) is 1. The molecule has 0 atom stereocenters. The molecule has 102 valence electrons. The van der Waals surface area contributed by atoms with Crippen molar-refractivity contribution in [2.24, 2.45) is 7.05 Å². The van der Waals surface area contributed by atoms with E-state index in [0.29, 0.717) is 11.4 Å². The van der Waals surface area contributed by atoms with E-state index in [4.69, 9.17) is 5.73 Å². The summed E-state index contributed by atoms with van der Waals surface area (Å²) in [4.78, 5) is 7.97. The summed E-state index contributed by atoms with van der Waals surface area (Å²) >= 11 is 0. The molecule has 2 aromatic rings. The Morgan fingerprint density at radius 2 is 2.00 bits per heavy atom. The Hall–Kier alpha value is -2.09. The molecule has 19 heavy (non-hydrogen) atoms. The number of anilines is 2. The van der Waals surface area contributed by atoms with E-state index in [2.05, 4.69) is 14.7 Å². The summed E-state index contributed by atoms with van der Waals surface area (Å²) in [6, 6.07) is 3.40. The standard InChI is InChI=1S/C11H15N5O2S/c1-7-4-5-9(8(2)14-7)15-19(17,18)11-10(12)13-6-16(11)3/h4-6,15H,12H2,1-3H3. The van der Waals surface area contributed by atoms with Crippen molar-refractivity contribution in [3.8, 4) is 0 Å². The molecule has 8 heteroatoms. The van der Waals surface area contributed by atoms with Gasteiger partial charge in [0.1, 0.15) is 0 Å². The van der Waals surface area contributed by atoms with Gasteiger partial charge in [-0.05, 0) is 26.0 Å². The molecule has 0 amide bonds. The molecule has 2 heterocycles. The van der Waals surface area contributed by atoms with E-state index in [1.165, 1.54) is 10.9 Å². The van der Waals surface area contributed by atoms with Gasteiger partial charge < -0.3 is 10.3 Å². The summed E-state index contributed by atoms with van der Waals surface area (Å²) in [5.41, 5.74) is 7.42. The number of nitrogens with two attached hydrogens (primary N) is 1. The molecule has 0 saturated carbocycles. The van der Waals surface area contributed by atoms with Crippen LogP contribution in [-0.4, -0.2) is 23.0 Å². The maximum Gasteiger partial charge on any atom is 0.281 e. The summed E-state index contributed by atoms with van der Waals surface area (Å²) in [6.07, 6.45) is 1.35. The highest BCUT2D eigenvalue weighted by Crippen LogP contribution is 2.21. The SMILES string of the molecule is Cc1ccc(NS(=O)(=O)c2c(N)ncn2C)c(C)n1. The lowest BCUT2D eigenvalue weighted by molar-refractivity contribution is 0.592. The minimum absolute atomic E-state index is 0.0345. The van der Waals surface area contributed by atoms with E-state index >= 15 is 0 Å². The van der Waals surface area contributed by atoms with Crippen molar-refractivity contribution in [2.45, 2.75) is 18.9 Å². The van der Waals surface area contributed by atoms with Crippen LogP contribution in [0, 0.1) is 13.8 Å². The van der Waals surface area contributed by atoms with Gasteiger partial charge in [-0.1, -0.05) is 0 Å². The second-order valence-electron chi connectivity index (χ2n) is 4.24. The van der Waals surface area contributed by atoms with Crippen molar-refractivity contribution >= 4 is 21.5 Å². The van der Waals surface area contributed by atoms with E-state index < -0.39 is 10.0 Å². The van der Waals surface area contributed by atoms with E-state index in [0.717, 1.165) is 5.69 Å². The molecule has 7 nitrogen and oxygen atoms in total. The van der Waals surface area contributed by atoms with Crippen LogP contribution in [0.25, 0.3) is 0 Å². The third-order valence-electron chi connectivity index (χ3n) is 2.63. The minimum atomic E-state index is -3.78. The molecule has 0 aliphatic rings. The zero-order chi connectivity index (χ0) is 14.2. The molecule has 0 saturated heterocycles. The number of hydrogen-bond donors (Lipinski definition) is 2. The second kappa shape index (κ2) is 4.54. The highest BCUT2D eigenvalue weighted by Gasteiger charge is 2.23. The van der Waals surface area contributed by atoms with Gasteiger partial charge in [0.05, 0.1) is 17.7 Å². The molecule has 0 bridgehead atoms. The summed E-state index contributed by atoms with van der Waals surface area (Å²) in [5.74, 6) is -0.0345. The van der Waals surface area contributed by atoms with Crippen LogP contribution in [0.4, 0.5) is 11.5 Å². The van der Waals surface area contributed by atoms with Crippen molar-refractivity contribution in [1.82, 2.24) is 14.5 Å². The van der Waals surface area contributed by atoms with Gasteiger partial charge in [-0.2, -0.15) is 8.42 Å². The second-order valence-corrected chi connectivity index (χ2v) is 5.83. The Kier molecular flexibility index (Phi) is 3.19. The maximum atomic E-state index is 12.3. The zero-order valence-corrected chi connectivity index (χ0v) is 11.7. The van der Waals surface area contributed by atoms with Gasteiger partial charge in [-0.3, -0.25) is 9.71 Å². The molecule has 2 rings (SSSR count). The number of sulfonamides is 1. The first-order valence-corrected chi connectivity index (χ1v) is 7.03. The largest absolute Gasteiger partial charge is 0.381 e. The Bertz CT molecular complexity index is 701. The van der Waals surface area contributed by atoms with Gasteiger partial charge >= 0.3 is 0 Å². The number of imidazole rings is 1. The summed E-state index contributed by atoms with van der Waals surface area (Å²) in [5, 5.41) is -0.0625. The average molecular weight is 281 g/mol. The normalized spacial score (nSPS) is 11.5. The van der Waals surface area contributed by atoms with Crippen molar-refractivity contribution in [3.63, 3.8) is 0 Å². The maximum absolute atomic E-state index is 12.3. The zero-order valence-electron chi connectivity index (χ0n) is 10.9. The fourth-order valence-corrected chi connectivity index (χ4v) is 3.11. The lowest BCUT2D eigenvalue weighted by Gasteiger charge is -2.11. The Balaban J connectivity index is 2.42. The summed E-state index contributed by atoms with van der Waals surface area (Å²) in [6.45, 7) is 3.57. The quantitative estimate of drug-likeness (QED) is 0.866. The number of pyridine rings is 1. The smallest absolute Gasteiger partial charge is 0.281 e. The van der Waals surface area contributed by atoms with Crippen LogP contribution in [0.3, 0.4) is 0 Å². The summed E-state index contributed by atoms with van der Waals surface area (Å²) in [7, 11) is -2.21. The first-order chi connectivity index (χ1) is 8.81. The molecule has 0 aliphatic carbocycles. The van der Waals surface area contributed by atoms with Gasteiger partial charge in [0.25, 0.3) is 10.0 Å². The van der Waals surface area contributed by atoms with Crippen molar-refractivity contribution in [1.29, 1.82) is 0 Å². The molecule has 0 aromatic carbocycles. The van der Waals surface area contributed by atoms with Crippen LogP contribution in [-0.2, 0) is 17.1 Å². The number of hydrogen-bond acceptors (Lipinski definition) is 5. The monoisotopic (exact) mass is 281 g/mol. The molecule has 0 unspecified atom stereocenters. The van der Waals surface area contributed by atoms with Crippen LogP contribution >= 0.6 is 0 Å². The van der Waals surface area contributed by atoms with Crippen LogP contribution in [0.2, 0.25) is 0 Å². The number of nitrogen functional groups attached to an aromatic ring is 1. The van der Waals surface area contributed by atoms with Crippen molar-refractivity contribution < 1.29 is 8.42 Å². The Morgan fingerprint density at radius 1 is 1.32 bits per heavy atom. The van der Waals surface area contributed by atoms with Gasteiger partial charge in [0, 0.05) is 12.7 Å². The molecule has 0 fully saturated rings. The Morgan fingerprint density at radius 3 is 2.53 bits per heavy atom. The van der Waals surface area contributed by atoms with Crippen molar-refractivity contribution in [3.05, 3.63) is 29.8 Å². The molecule has 0 radical (unpaired) electrons. The molecular weight excluding hydrogens is 266 g/mol. The number of rotatable bonds is 3. The molecular formula is C11H15N5O2S. The number of nitrogens with zero attached hydrogens (tertiary/aromatic N) is 3. The fraction of sp³-hybridized carbons (Fsp3) is 0.273. The van der Waals surface area contributed by atoms with Crippen LogP contribution in [0.5, 0.6) is 0 Å². The molecule has 3 N–H and O–H groups in total. The summed E-state index contributed by atoms with van der Waals surface area (Å²) < 4.78 is 28.3. The number of aryl methyl sites for hydroxylation is 3. The first-order valence-electron chi connectivity index (χ1n) is 5.55. The van der Waals surface area contributed by atoms with Crippen molar-refractivity contribution in [2.75, 3.05) is 10.5 Å². The highest BCUT2D eigenvalue weighted by molar-refractivity contribution is 7.92. The van der Waals surface area contributed by atoms with E-state index in [1.54, 1.807) is 26.1 Å². The van der Waals surface area contributed by atoms with E-state index in [1.807, 2.05) is 6.92 Å². The van der Waals surface area contributed by atoms with E-state index in [-0.39, 0.29) is 10.8 Å². The first kappa shape index (κ1) is 13.3. The average Bonchev–Trinajstić information content (AvgIpc) is 2.63. The minimum Gasteiger partial charge on any atom is -0.381 e. The lowest BCUT2D eigenvalue weighted by Crippen LogP contribution is -2.18. The Labute approximate surface area is 111 Å². The van der Waals surface area contributed by atoms with Gasteiger partial charge in [-0.25, -0.2) is 4.98 Å². The van der Waals surface area contributed by atoms with Crippen LogP contribution < -0.4 is 10.5 Å². The predicted molar refractivity (Wildman–Crippen MR) is 72.1 cm³/mol. The van der Waals surface area contributed by atoms with Gasteiger partial charge in [0.15, 0.2) is 10.8 Å². The lowest BCUT2D eigenvalue weighted by atomic mass is 10.3. The molecule has 0 spiro atoms.